The third kappa shape index (κ3) is 4.59. The van der Waals surface area contributed by atoms with Crippen molar-refractivity contribution in [3.8, 4) is 11.5 Å². The molecule has 1 saturated heterocycles. The second-order valence-corrected chi connectivity index (χ2v) is 8.01. The van der Waals surface area contributed by atoms with Gasteiger partial charge in [-0.25, -0.2) is 0 Å². The summed E-state index contributed by atoms with van der Waals surface area (Å²) in [5.74, 6) is 0.766. The maximum atomic E-state index is 13.0. The number of aryl methyl sites for hydroxylation is 1. The minimum Gasteiger partial charge on any atom is -0.457 e. The lowest BCUT2D eigenvalue weighted by Gasteiger charge is -2.37. The number of nitrogens with zero attached hydrogens (tertiary/aromatic N) is 2. The zero-order valence-corrected chi connectivity index (χ0v) is 18.4. The van der Waals surface area contributed by atoms with E-state index >= 15 is 0 Å². The fourth-order valence-corrected chi connectivity index (χ4v) is 3.90. The van der Waals surface area contributed by atoms with E-state index in [-0.39, 0.29) is 5.91 Å². The Labute approximate surface area is 188 Å². The summed E-state index contributed by atoms with van der Waals surface area (Å²) in [7, 11) is 0. The summed E-state index contributed by atoms with van der Waals surface area (Å²) in [6.45, 7) is 7.30. The second-order valence-electron chi connectivity index (χ2n) is 8.01. The Kier molecular flexibility index (Phi) is 6.12. The highest BCUT2D eigenvalue weighted by molar-refractivity contribution is 5.94. The third-order valence-electron chi connectivity index (χ3n) is 5.96. The number of ether oxygens (including phenoxy) is 1. The predicted molar refractivity (Wildman–Crippen MR) is 126 cm³/mol. The van der Waals surface area contributed by atoms with Crippen LogP contribution in [-0.4, -0.2) is 42.9 Å². The summed E-state index contributed by atoms with van der Waals surface area (Å²) < 4.78 is 5.79. The van der Waals surface area contributed by atoms with Crippen LogP contribution in [0.5, 0.6) is 11.5 Å². The highest BCUT2D eigenvalue weighted by Gasteiger charge is 2.23. The summed E-state index contributed by atoms with van der Waals surface area (Å²) in [6, 6.07) is 20.1. The second kappa shape index (κ2) is 9.14. The van der Waals surface area contributed by atoms with Crippen LogP contribution in [0.4, 0.5) is 5.69 Å². The number of primary amides is 1. The van der Waals surface area contributed by atoms with Crippen molar-refractivity contribution in [1.29, 1.82) is 0 Å². The molecule has 1 heterocycles. The number of piperazine rings is 1. The molecule has 0 atom stereocenters. The molecule has 0 aromatic heterocycles. The summed E-state index contributed by atoms with van der Waals surface area (Å²) >= 11 is 0. The van der Waals surface area contributed by atoms with Gasteiger partial charge in [0, 0.05) is 43.0 Å². The minimum absolute atomic E-state index is 0.0305. The first-order chi connectivity index (χ1) is 15.4. The first kappa shape index (κ1) is 21.4. The Morgan fingerprint density at radius 2 is 1.34 bits per heavy atom. The van der Waals surface area contributed by atoms with E-state index in [0.29, 0.717) is 35.7 Å². The van der Waals surface area contributed by atoms with Gasteiger partial charge in [-0.15, -0.1) is 0 Å². The van der Waals surface area contributed by atoms with Crippen LogP contribution in [0.2, 0.25) is 0 Å². The van der Waals surface area contributed by atoms with Crippen molar-refractivity contribution in [2.45, 2.75) is 13.8 Å². The zero-order valence-electron chi connectivity index (χ0n) is 18.4. The topological polar surface area (TPSA) is 75.9 Å². The van der Waals surface area contributed by atoms with Crippen LogP contribution < -0.4 is 15.4 Å². The Balaban J connectivity index is 1.36. The number of anilines is 1. The van der Waals surface area contributed by atoms with E-state index in [1.807, 2.05) is 4.90 Å². The van der Waals surface area contributed by atoms with Crippen molar-refractivity contribution >= 4 is 17.5 Å². The van der Waals surface area contributed by atoms with Crippen LogP contribution in [0.1, 0.15) is 31.8 Å². The van der Waals surface area contributed by atoms with Gasteiger partial charge < -0.3 is 20.3 Å². The van der Waals surface area contributed by atoms with Crippen LogP contribution in [0.25, 0.3) is 0 Å². The Morgan fingerprint density at radius 3 is 1.91 bits per heavy atom. The molecular weight excluding hydrogens is 402 g/mol. The number of carbonyl (C=O) groups is 2. The number of hydrogen-bond acceptors (Lipinski definition) is 4. The van der Waals surface area contributed by atoms with E-state index in [0.717, 1.165) is 13.1 Å². The molecule has 0 radical (unpaired) electrons. The van der Waals surface area contributed by atoms with Gasteiger partial charge in [-0.3, -0.25) is 9.59 Å². The fraction of sp³-hybridized carbons (Fsp3) is 0.231. The third-order valence-corrected chi connectivity index (χ3v) is 5.96. The molecule has 2 amide bonds. The lowest BCUT2D eigenvalue weighted by molar-refractivity contribution is 0.0746. The van der Waals surface area contributed by atoms with Crippen molar-refractivity contribution < 1.29 is 14.3 Å². The molecule has 0 aliphatic carbocycles. The van der Waals surface area contributed by atoms with Gasteiger partial charge in [-0.1, -0.05) is 12.1 Å². The molecule has 3 aromatic carbocycles. The summed E-state index contributed by atoms with van der Waals surface area (Å²) in [5, 5.41) is 0. The molecule has 6 heteroatoms. The fourth-order valence-electron chi connectivity index (χ4n) is 3.90. The lowest BCUT2D eigenvalue weighted by atomic mass is 10.1. The average Bonchev–Trinajstić information content (AvgIpc) is 2.81. The quantitative estimate of drug-likeness (QED) is 0.661. The van der Waals surface area contributed by atoms with Gasteiger partial charge in [0.1, 0.15) is 11.5 Å². The Hall–Kier alpha value is -3.80. The van der Waals surface area contributed by atoms with E-state index in [2.05, 4.69) is 36.9 Å². The maximum absolute atomic E-state index is 13.0. The van der Waals surface area contributed by atoms with Gasteiger partial charge in [0.2, 0.25) is 5.91 Å². The van der Waals surface area contributed by atoms with Crippen molar-refractivity contribution in [1.82, 2.24) is 4.90 Å². The standard InChI is InChI=1S/C26H27N3O3/c1-18-4-3-5-24(19(18)2)28-14-16-29(17-15-28)26(31)21-8-12-23(13-9-21)32-22-10-6-20(7-11-22)25(27)30/h3-13H,14-17H2,1-2H3,(H2,27,30). The number of benzene rings is 3. The molecular formula is C26H27N3O3. The Bertz CT molecular complexity index is 1120. The van der Waals surface area contributed by atoms with E-state index < -0.39 is 5.91 Å². The molecule has 6 nitrogen and oxygen atoms in total. The highest BCUT2D eigenvalue weighted by atomic mass is 16.5. The smallest absolute Gasteiger partial charge is 0.253 e. The monoisotopic (exact) mass is 429 g/mol. The van der Waals surface area contributed by atoms with E-state index in [9.17, 15) is 9.59 Å². The molecule has 32 heavy (non-hydrogen) atoms. The van der Waals surface area contributed by atoms with E-state index in [4.69, 9.17) is 10.5 Å². The van der Waals surface area contributed by atoms with Gasteiger partial charge in [-0.05, 0) is 79.6 Å². The largest absolute Gasteiger partial charge is 0.457 e. The van der Waals surface area contributed by atoms with Crippen LogP contribution >= 0.6 is 0 Å². The molecule has 4 rings (SSSR count). The zero-order chi connectivity index (χ0) is 22.7. The number of hydrogen-bond donors (Lipinski definition) is 1. The Morgan fingerprint density at radius 1 is 0.781 bits per heavy atom. The summed E-state index contributed by atoms with van der Waals surface area (Å²) in [6.07, 6.45) is 0. The van der Waals surface area contributed by atoms with Crippen LogP contribution in [0.3, 0.4) is 0 Å². The summed E-state index contributed by atoms with van der Waals surface area (Å²) in [4.78, 5) is 28.4. The highest BCUT2D eigenvalue weighted by Crippen LogP contribution is 2.25. The molecule has 164 valence electrons. The van der Waals surface area contributed by atoms with Crippen LogP contribution in [-0.2, 0) is 0 Å². The normalized spacial score (nSPS) is 13.7. The SMILES string of the molecule is Cc1cccc(N2CCN(C(=O)c3ccc(Oc4ccc(C(N)=O)cc4)cc3)CC2)c1C. The van der Waals surface area contributed by atoms with Crippen molar-refractivity contribution in [3.05, 3.63) is 89.0 Å². The van der Waals surface area contributed by atoms with Gasteiger partial charge in [0.15, 0.2) is 0 Å². The molecule has 2 N–H and O–H groups in total. The lowest BCUT2D eigenvalue weighted by Crippen LogP contribution is -2.49. The van der Waals surface area contributed by atoms with Crippen molar-refractivity contribution in [3.63, 3.8) is 0 Å². The van der Waals surface area contributed by atoms with Crippen LogP contribution in [0.15, 0.2) is 66.7 Å². The molecule has 0 spiro atoms. The predicted octanol–water partition coefficient (Wildman–Crippen LogP) is 4.16. The number of rotatable bonds is 5. The van der Waals surface area contributed by atoms with Crippen LogP contribution in [0, 0.1) is 13.8 Å². The molecule has 1 aliphatic rings. The maximum Gasteiger partial charge on any atom is 0.253 e. The first-order valence-corrected chi connectivity index (χ1v) is 10.7. The molecule has 0 unspecified atom stereocenters. The summed E-state index contributed by atoms with van der Waals surface area (Å²) in [5.41, 5.74) is 10.2. The number of nitrogens with two attached hydrogens (primary N) is 1. The van der Waals surface area contributed by atoms with Gasteiger partial charge in [0.25, 0.3) is 5.91 Å². The van der Waals surface area contributed by atoms with Crippen molar-refractivity contribution in [2.75, 3.05) is 31.1 Å². The number of amides is 2. The first-order valence-electron chi connectivity index (χ1n) is 10.7. The molecule has 1 fully saturated rings. The average molecular weight is 430 g/mol. The molecule has 1 aliphatic heterocycles. The molecule has 0 saturated carbocycles. The van der Waals surface area contributed by atoms with Crippen molar-refractivity contribution in [2.24, 2.45) is 5.73 Å². The van der Waals surface area contributed by atoms with Gasteiger partial charge in [0.05, 0.1) is 0 Å². The molecule has 3 aromatic rings. The number of carbonyl (C=O) groups excluding carboxylic acids is 2. The van der Waals surface area contributed by atoms with E-state index in [1.54, 1.807) is 48.5 Å². The van der Waals surface area contributed by atoms with Gasteiger partial charge in [-0.2, -0.15) is 0 Å². The minimum atomic E-state index is -0.478. The van der Waals surface area contributed by atoms with Gasteiger partial charge >= 0.3 is 0 Å². The molecule has 0 bridgehead atoms. The van der Waals surface area contributed by atoms with E-state index in [1.165, 1.54) is 16.8 Å².